The zero-order valence-electron chi connectivity index (χ0n) is 8.89. The van der Waals surface area contributed by atoms with E-state index in [4.69, 9.17) is 0 Å². The summed E-state index contributed by atoms with van der Waals surface area (Å²) < 4.78 is 0. The van der Waals surface area contributed by atoms with E-state index < -0.39 is 0 Å². The van der Waals surface area contributed by atoms with Gasteiger partial charge < -0.3 is 0 Å². The Morgan fingerprint density at radius 1 is 1.40 bits per heavy atom. The number of carbonyl (C=O) groups is 1. The molecule has 0 saturated heterocycles. The number of carbonyl (C=O) groups excluding carboxylic acids is 1. The average molecular weight is 201 g/mol. The predicted octanol–water partition coefficient (Wildman–Crippen LogP) is 2.68. The van der Waals surface area contributed by atoms with E-state index >= 15 is 0 Å². The minimum absolute atomic E-state index is 0.104. The lowest BCUT2D eigenvalue weighted by atomic mass is 10.1. The van der Waals surface area contributed by atoms with Gasteiger partial charge in [0, 0.05) is 19.0 Å². The Kier molecular flexibility index (Phi) is 2.95. The summed E-state index contributed by atoms with van der Waals surface area (Å²) in [6, 6.07) is 0. The molecule has 2 heteroatoms. The van der Waals surface area contributed by atoms with Crippen LogP contribution < -0.4 is 0 Å². The number of rotatable bonds is 1. The van der Waals surface area contributed by atoms with Crippen molar-refractivity contribution in [2.45, 2.75) is 19.8 Å². The topological polar surface area (TPSA) is 29.4 Å². The summed E-state index contributed by atoms with van der Waals surface area (Å²) in [5.74, 6) is 0.978. The monoisotopic (exact) mass is 201 g/mol. The number of hydrogen-bond donors (Lipinski definition) is 0. The summed E-state index contributed by atoms with van der Waals surface area (Å²) in [4.78, 5) is 15.6. The second-order valence-corrected chi connectivity index (χ2v) is 4.01. The van der Waals surface area contributed by atoms with Gasteiger partial charge in [0.05, 0.1) is 5.71 Å². The highest BCUT2D eigenvalue weighted by atomic mass is 16.1. The molecule has 0 aromatic carbocycles. The van der Waals surface area contributed by atoms with Crippen LogP contribution in [0.1, 0.15) is 19.8 Å². The van der Waals surface area contributed by atoms with Crippen LogP contribution in [0.5, 0.6) is 0 Å². The Morgan fingerprint density at radius 3 is 3.07 bits per heavy atom. The van der Waals surface area contributed by atoms with Crippen molar-refractivity contribution in [3.63, 3.8) is 0 Å². The molecule has 0 bridgehead atoms. The third-order valence-corrected chi connectivity index (χ3v) is 2.75. The van der Waals surface area contributed by atoms with E-state index in [0.717, 1.165) is 18.6 Å². The number of nitrogens with zero attached hydrogens (tertiary/aromatic N) is 1. The van der Waals surface area contributed by atoms with Gasteiger partial charge in [-0.2, -0.15) is 0 Å². The first-order valence-corrected chi connectivity index (χ1v) is 5.36. The first-order valence-electron chi connectivity index (χ1n) is 5.36. The fourth-order valence-electron chi connectivity index (χ4n) is 1.83. The fraction of sp³-hybridized carbons (Fsp3) is 0.385. The van der Waals surface area contributed by atoms with E-state index in [0.29, 0.717) is 11.8 Å². The van der Waals surface area contributed by atoms with Crippen LogP contribution in [0.4, 0.5) is 0 Å². The van der Waals surface area contributed by atoms with Crippen molar-refractivity contribution in [3.8, 4) is 0 Å². The normalized spacial score (nSPS) is 35.4. The number of fused-ring (bicyclic) bond motifs is 1. The van der Waals surface area contributed by atoms with Gasteiger partial charge in [-0.25, -0.2) is 0 Å². The minimum atomic E-state index is 0.104. The van der Waals surface area contributed by atoms with Crippen molar-refractivity contribution >= 4 is 11.5 Å². The fourth-order valence-corrected chi connectivity index (χ4v) is 1.83. The molecule has 1 aliphatic heterocycles. The zero-order valence-corrected chi connectivity index (χ0v) is 8.89. The molecule has 0 aromatic heterocycles. The molecule has 2 aliphatic rings. The van der Waals surface area contributed by atoms with E-state index in [1.165, 1.54) is 0 Å². The Labute approximate surface area is 90.1 Å². The molecule has 1 fully saturated rings. The van der Waals surface area contributed by atoms with E-state index in [1.807, 2.05) is 6.08 Å². The molecule has 0 radical (unpaired) electrons. The van der Waals surface area contributed by atoms with Crippen LogP contribution >= 0.6 is 0 Å². The van der Waals surface area contributed by atoms with Gasteiger partial charge in [-0.1, -0.05) is 30.4 Å². The molecular weight excluding hydrogens is 186 g/mol. The van der Waals surface area contributed by atoms with Gasteiger partial charge >= 0.3 is 0 Å². The molecule has 0 N–H and O–H groups in total. The van der Waals surface area contributed by atoms with Crippen molar-refractivity contribution in [1.82, 2.24) is 0 Å². The summed E-state index contributed by atoms with van der Waals surface area (Å²) in [7, 11) is 0. The van der Waals surface area contributed by atoms with Crippen molar-refractivity contribution in [1.29, 1.82) is 0 Å². The third-order valence-electron chi connectivity index (χ3n) is 2.75. The third kappa shape index (κ3) is 2.52. The van der Waals surface area contributed by atoms with Gasteiger partial charge in [0.1, 0.15) is 0 Å². The summed E-state index contributed by atoms with van der Waals surface area (Å²) in [5, 5.41) is 0. The van der Waals surface area contributed by atoms with Crippen LogP contribution in [-0.4, -0.2) is 11.5 Å². The number of allylic oxidation sites excluding steroid dienone is 5. The molecule has 0 spiro atoms. The number of Topliss-reactive ketones (excluding diaryl/α,β-unsaturated/α-hetero) is 1. The highest BCUT2D eigenvalue weighted by Gasteiger charge is 2.40. The van der Waals surface area contributed by atoms with E-state index in [9.17, 15) is 4.79 Å². The molecular formula is C13H15NO. The highest BCUT2D eigenvalue weighted by Crippen LogP contribution is 2.41. The number of aliphatic imine (C=N–C) groups is 1. The van der Waals surface area contributed by atoms with Gasteiger partial charge in [-0.15, -0.1) is 0 Å². The molecule has 2 rings (SSSR count). The van der Waals surface area contributed by atoms with Gasteiger partial charge in [0.25, 0.3) is 0 Å². The lowest BCUT2D eigenvalue weighted by Crippen LogP contribution is -2.12. The van der Waals surface area contributed by atoms with Crippen LogP contribution in [0.2, 0.25) is 0 Å². The summed E-state index contributed by atoms with van der Waals surface area (Å²) >= 11 is 0. The highest BCUT2D eigenvalue weighted by molar-refractivity contribution is 6.40. The second-order valence-electron chi connectivity index (χ2n) is 4.01. The summed E-state index contributed by atoms with van der Waals surface area (Å²) in [6.07, 6.45) is 14.0. The first-order chi connectivity index (χ1) is 7.29. The predicted molar refractivity (Wildman–Crippen MR) is 61.8 cm³/mol. The molecule has 0 aromatic rings. The lowest BCUT2D eigenvalue weighted by molar-refractivity contribution is -0.111. The molecule has 2 nitrogen and oxygen atoms in total. The zero-order chi connectivity index (χ0) is 10.7. The van der Waals surface area contributed by atoms with Crippen molar-refractivity contribution in [2.24, 2.45) is 16.8 Å². The maximum atomic E-state index is 11.4. The SMILES string of the molecule is CC(=O)C1=N/C=C\C/C=C\C=C/C2CC12. The van der Waals surface area contributed by atoms with Crippen LogP contribution in [0, 0.1) is 11.8 Å². The lowest BCUT2D eigenvalue weighted by Gasteiger charge is -1.97. The standard InChI is InChI=1S/C13H15NO/c1-10(15)13-12-9-11(12)7-5-3-2-4-6-8-14-13/h2-3,5-8,11-12H,4,9H2,1H3/b3-2-,7-5-,8-6-,14-13?. The molecule has 15 heavy (non-hydrogen) atoms. The largest absolute Gasteiger partial charge is 0.293 e. The molecule has 0 amide bonds. The smallest absolute Gasteiger partial charge is 0.174 e. The Morgan fingerprint density at radius 2 is 2.27 bits per heavy atom. The quantitative estimate of drug-likeness (QED) is 0.641. The van der Waals surface area contributed by atoms with Crippen molar-refractivity contribution in [2.75, 3.05) is 0 Å². The molecule has 1 heterocycles. The minimum Gasteiger partial charge on any atom is -0.293 e. The van der Waals surface area contributed by atoms with Crippen molar-refractivity contribution < 1.29 is 4.79 Å². The van der Waals surface area contributed by atoms with Crippen LogP contribution in [0.25, 0.3) is 0 Å². The average Bonchev–Trinajstić information content (AvgIpc) is 2.92. The maximum Gasteiger partial charge on any atom is 0.174 e. The van der Waals surface area contributed by atoms with Gasteiger partial charge in [0.2, 0.25) is 0 Å². The first kappa shape index (κ1) is 10.1. The molecule has 1 aliphatic carbocycles. The number of ketones is 1. The van der Waals surface area contributed by atoms with E-state index in [1.54, 1.807) is 13.1 Å². The van der Waals surface area contributed by atoms with Gasteiger partial charge in [-0.3, -0.25) is 9.79 Å². The summed E-state index contributed by atoms with van der Waals surface area (Å²) in [5.41, 5.74) is 0.739. The van der Waals surface area contributed by atoms with Crippen LogP contribution in [-0.2, 0) is 4.79 Å². The molecule has 2 unspecified atom stereocenters. The van der Waals surface area contributed by atoms with Crippen molar-refractivity contribution in [3.05, 3.63) is 36.6 Å². The Hall–Kier alpha value is -1.44. The summed E-state index contributed by atoms with van der Waals surface area (Å²) in [6.45, 7) is 1.60. The van der Waals surface area contributed by atoms with Crippen LogP contribution in [0.3, 0.4) is 0 Å². The Balaban J connectivity index is 2.20. The molecule has 1 saturated carbocycles. The van der Waals surface area contributed by atoms with Gasteiger partial charge in [0.15, 0.2) is 5.78 Å². The maximum absolute atomic E-state index is 11.4. The van der Waals surface area contributed by atoms with Gasteiger partial charge in [-0.05, 0) is 18.8 Å². The second kappa shape index (κ2) is 4.39. The van der Waals surface area contributed by atoms with Crippen LogP contribution in [0.15, 0.2) is 41.6 Å². The van der Waals surface area contributed by atoms with E-state index in [-0.39, 0.29) is 5.78 Å². The molecule has 78 valence electrons. The number of hydrogen-bond acceptors (Lipinski definition) is 2. The molecule has 2 atom stereocenters. The Bertz CT molecular complexity index is 374. The van der Waals surface area contributed by atoms with E-state index in [2.05, 4.69) is 29.3 Å².